The Morgan fingerprint density at radius 2 is 1.79 bits per heavy atom. The average molecular weight is 406 g/mol. The van der Waals surface area contributed by atoms with Crippen LogP contribution in [0.4, 0.5) is 5.13 Å². The predicted octanol–water partition coefficient (Wildman–Crippen LogP) is 2.54. The van der Waals surface area contributed by atoms with Gasteiger partial charge in [-0.05, 0) is 11.6 Å². The smallest absolute Gasteiger partial charge is 0.302 e. The number of aromatic nitrogens is 3. The second kappa shape index (κ2) is 7.48. The van der Waals surface area contributed by atoms with E-state index in [9.17, 15) is 14.4 Å². The summed E-state index contributed by atoms with van der Waals surface area (Å²) in [5, 5.41) is 5.55. The maximum absolute atomic E-state index is 12.6. The summed E-state index contributed by atoms with van der Waals surface area (Å²) in [6.07, 6.45) is 0.00499. The van der Waals surface area contributed by atoms with E-state index in [1.165, 1.54) is 23.0 Å². The standard InChI is InChI=1S/C21H18N4O3S/c1-24-16-10-6-9-14(18(16)19(27)25(2)21(24)28)11-17(26)23-20-22-15(12-29-20)13-7-4-3-5-8-13/h3-10,12H,11H2,1-2H3,(H,22,23,26). The lowest BCUT2D eigenvalue weighted by molar-refractivity contribution is -0.115. The fourth-order valence-electron chi connectivity index (χ4n) is 3.25. The molecule has 146 valence electrons. The summed E-state index contributed by atoms with van der Waals surface area (Å²) in [6.45, 7) is 0. The van der Waals surface area contributed by atoms with Gasteiger partial charge in [0, 0.05) is 25.0 Å². The van der Waals surface area contributed by atoms with Crippen molar-refractivity contribution in [3.05, 3.63) is 80.3 Å². The molecule has 2 aromatic carbocycles. The minimum atomic E-state index is -0.410. The molecule has 0 aliphatic rings. The summed E-state index contributed by atoms with van der Waals surface area (Å²) < 4.78 is 2.46. The number of aryl methyl sites for hydroxylation is 1. The van der Waals surface area contributed by atoms with Gasteiger partial charge in [0.05, 0.1) is 23.0 Å². The Balaban J connectivity index is 1.61. The highest BCUT2D eigenvalue weighted by atomic mass is 32.1. The first-order chi connectivity index (χ1) is 14.0. The van der Waals surface area contributed by atoms with Crippen LogP contribution in [0.3, 0.4) is 0 Å². The number of rotatable bonds is 4. The monoisotopic (exact) mass is 406 g/mol. The predicted molar refractivity (Wildman–Crippen MR) is 114 cm³/mol. The van der Waals surface area contributed by atoms with Gasteiger partial charge in [-0.15, -0.1) is 11.3 Å². The van der Waals surface area contributed by atoms with E-state index in [2.05, 4.69) is 10.3 Å². The van der Waals surface area contributed by atoms with Crippen LogP contribution in [0, 0.1) is 0 Å². The third kappa shape index (κ3) is 3.50. The zero-order valence-corrected chi connectivity index (χ0v) is 16.7. The second-order valence-electron chi connectivity index (χ2n) is 6.65. The number of hydrogen-bond acceptors (Lipinski definition) is 5. The minimum Gasteiger partial charge on any atom is -0.302 e. The lowest BCUT2D eigenvalue weighted by atomic mass is 10.1. The van der Waals surface area contributed by atoms with Crippen molar-refractivity contribution in [1.29, 1.82) is 0 Å². The van der Waals surface area contributed by atoms with Gasteiger partial charge in [0.2, 0.25) is 5.91 Å². The Bertz CT molecular complexity index is 1340. The van der Waals surface area contributed by atoms with Crippen LogP contribution in [-0.4, -0.2) is 20.0 Å². The molecule has 0 aliphatic heterocycles. The number of hydrogen-bond donors (Lipinski definition) is 1. The molecule has 2 heterocycles. The number of thiazole rings is 1. The van der Waals surface area contributed by atoms with Gasteiger partial charge in [-0.1, -0.05) is 42.5 Å². The van der Waals surface area contributed by atoms with Crippen LogP contribution in [0.5, 0.6) is 0 Å². The molecule has 0 bridgehead atoms. The summed E-state index contributed by atoms with van der Waals surface area (Å²) in [6, 6.07) is 14.9. The second-order valence-corrected chi connectivity index (χ2v) is 7.50. The van der Waals surface area contributed by atoms with E-state index in [4.69, 9.17) is 0 Å². The first-order valence-corrected chi connectivity index (χ1v) is 9.82. The SMILES string of the molecule is Cn1c(=O)c2c(CC(=O)Nc3nc(-c4ccccc4)cs3)cccc2n(C)c1=O. The zero-order chi connectivity index (χ0) is 20.5. The zero-order valence-electron chi connectivity index (χ0n) is 15.9. The van der Waals surface area contributed by atoms with E-state index < -0.39 is 11.2 Å². The quantitative estimate of drug-likeness (QED) is 0.564. The van der Waals surface area contributed by atoms with Crippen LogP contribution in [0.2, 0.25) is 0 Å². The Morgan fingerprint density at radius 1 is 1.03 bits per heavy atom. The van der Waals surface area contributed by atoms with Crippen molar-refractivity contribution in [3.63, 3.8) is 0 Å². The van der Waals surface area contributed by atoms with Crippen LogP contribution in [0.25, 0.3) is 22.2 Å². The summed E-state index contributed by atoms with van der Waals surface area (Å²) >= 11 is 1.34. The molecular formula is C21H18N4O3S. The van der Waals surface area contributed by atoms with Crippen LogP contribution < -0.4 is 16.6 Å². The molecule has 1 N–H and O–H groups in total. The molecule has 0 saturated carbocycles. The van der Waals surface area contributed by atoms with Gasteiger partial charge in [-0.25, -0.2) is 9.78 Å². The molecule has 0 spiro atoms. The number of carbonyl (C=O) groups is 1. The Labute approximate surface area is 169 Å². The summed E-state index contributed by atoms with van der Waals surface area (Å²) in [5.41, 5.74) is 2.02. The maximum Gasteiger partial charge on any atom is 0.330 e. The molecule has 0 unspecified atom stereocenters. The molecule has 0 fully saturated rings. The van der Waals surface area contributed by atoms with Crippen molar-refractivity contribution in [2.24, 2.45) is 14.1 Å². The highest BCUT2D eigenvalue weighted by Crippen LogP contribution is 2.25. The van der Waals surface area contributed by atoms with Crippen molar-refractivity contribution in [3.8, 4) is 11.3 Å². The number of nitrogens with one attached hydrogen (secondary N) is 1. The molecule has 0 saturated heterocycles. The average Bonchev–Trinajstić information content (AvgIpc) is 3.19. The van der Waals surface area contributed by atoms with Gasteiger partial charge >= 0.3 is 5.69 Å². The molecule has 29 heavy (non-hydrogen) atoms. The molecular weight excluding hydrogens is 388 g/mol. The van der Waals surface area contributed by atoms with E-state index >= 15 is 0 Å². The minimum absolute atomic E-state index is 0.00499. The number of carbonyl (C=O) groups excluding carboxylic acids is 1. The van der Waals surface area contributed by atoms with E-state index in [0.717, 1.165) is 15.8 Å². The van der Waals surface area contributed by atoms with E-state index in [-0.39, 0.29) is 12.3 Å². The number of anilines is 1. The van der Waals surface area contributed by atoms with E-state index in [0.29, 0.717) is 21.6 Å². The van der Waals surface area contributed by atoms with Crippen molar-refractivity contribution in [2.45, 2.75) is 6.42 Å². The van der Waals surface area contributed by atoms with Gasteiger partial charge in [0.15, 0.2) is 5.13 Å². The molecule has 0 radical (unpaired) electrons. The van der Waals surface area contributed by atoms with Crippen molar-refractivity contribution >= 4 is 33.3 Å². The van der Waals surface area contributed by atoms with Crippen molar-refractivity contribution in [1.82, 2.24) is 14.1 Å². The number of fused-ring (bicyclic) bond motifs is 1. The van der Waals surface area contributed by atoms with Crippen LogP contribution in [-0.2, 0) is 25.3 Å². The number of benzene rings is 2. The fraction of sp³-hybridized carbons (Fsp3) is 0.143. The number of nitrogens with zero attached hydrogens (tertiary/aromatic N) is 3. The molecule has 4 rings (SSSR count). The van der Waals surface area contributed by atoms with Crippen LogP contribution in [0.15, 0.2) is 63.5 Å². The summed E-state index contributed by atoms with van der Waals surface area (Å²) in [7, 11) is 3.04. The Kier molecular flexibility index (Phi) is 4.85. The number of amides is 1. The third-order valence-electron chi connectivity index (χ3n) is 4.75. The van der Waals surface area contributed by atoms with E-state index in [1.54, 1.807) is 25.2 Å². The van der Waals surface area contributed by atoms with Gasteiger partial charge in [-0.3, -0.25) is 18.7 Å². The highest BCUT2D eigenvalue weighted by Gasteiger charge is 2.15. The van der Waals surface area contributed by atoms with Crippen molar-refractivity contribution < 1.29 is 4.79 Å². The molecule has 0 aliphatic carbocycles. The van der Waals surface area contributed by atoms with Gasteiger partial charge < -0.3 is 5.32 Å². The fourth-order valence-corrected chi connectivity index (χ4v) is 3.99. The van der Waals surface area contributed by atoms with E-state index in [1.807, 2.05) is 35.7 Å². The normalized spacial score (nSPS) is 11.0. The van der Waals surface area contributed by atoms with Gasteiger partial charge in [-0.2, -0.15) is 0 Å². The molecule has 0 atom stereocenters. The Hall–Kier alpha value is -3.52. The highest BCUT2D eigenvalue weighted by molar-refractivity contribution is 7.14. The molecule has 7 nitrogen and oxygen atoms in total. The topological polar surface area (TPSA) is 86.0 Å². The maximum atomic E-state index is 12.6. The largest absolute Gasteiger partial charge is 0.330 e. The third-order valence-corrected chi connectivity index (χ3v) is 5.51. The molecule has 2 aromatic heterocycles. The van der Waals surface area contributed by atoms with Gasteiger partial charge in [0.25, 0.3) is 5.56 Å². The molecule has 1 amide bonds. The molecule has 4 aromatic rings. The first-order valence-electron chi connectivity index (χ1n) is 8.94. The van der Waals surface area contributed by atoms with Crippen molar-refractivity contribution in [2.75, 3.05) is 5.32 Å². The summed E-state index contributed by atoms with van der Waals surface area (Å²) in [4.78, 5) is 41.8. The van der Waals surface area contributed by atoms with Crippen LogP contribution in [0.1, 0.15) is 5.56 Å². The lowest BCUT2D eigenvalue weighted by Gasteiger charge is -2.10. The summed E-state index contributed by atoms with van der Waals surface area (Å²) in [5.74, 6) is -0.276. The lowest BCUT2D eigenvalue weighted by Crippen LogP contribution is -2.37. The first kappa shape index (κ1) is 18.8. The Morgan fingerprint density at radius 3 is 2.55 bits per heavy atom. The van der Waals surface area contributed by atoms with Crippen LogP contribution >= 0.6 is 11.3 Å². The van der Waals surface area contributed by atoms with Gasteiger partial charge in [0.1, 0.15) is 0 Å². The molecule has 8 heteroatoms.